The lowest BCUT2D eigenvalue weighted by Gasteiger charge is -2.13. The molecule has 166 valence electrons. The van der Waals surface area contributed by atoms with E-state index in [1.54, 1.807) is 0 Å². The Kier molecular flexibility index (Phi) is 6.46. The highest BCUT2D eigenvalue weighted by molar-refractivity contribution is 7.90. The van der Waals surface area contributed by atoms with Crippen LogP contribution in [0.25, 0.3) is 11.0 Å². The lowest BCUT2D eigenvalue weighted by molar-refractivity contribution is -0.274. The molecule has 0 aliphatic heterocycles. The van der Waals surface area contributed by atoms with Gasteiger partial charge in [-0.15, -0.1) is 13.2 Å². The van der Waals surface area contributed by atoms with Crippen molar-refractivity contribution in [3.8, 4) is 5.75 Å². The van der Waals surface area contributed by atoms with Crippen molar-refractivity contribution in [1.29, 1.82) is 0 Å². The number of hydrogen-bond donors (Lipinski definition) is 0. The number of carbonyl (C=O) groups excluding carboxylic acids is 1. The Morgan fingerprint density at radius 3 is 2.45 bits per heavy atom. The Morgan fingerprint density at radius 2 is 1.84 bits per heavy atom. The summed E-state index contributed by atoms with van der Waals surface area (Å²) >= 11 is 5.91. The third-order valence-corrected chi connectivity index (χ3v) is 6.28. The second-order valence-corrected chi connectivity index (χ2v) is 8.57. The molecule has 0 saturated carbocycles. The van der Waals surface area contributed by atoms with Crippen LogP contribution in [0, 0.1) is 0 Å². The van der Waals surface area contributed by atoms with Crippen LogP contribution in [0.1, 0.15) is 18.5 Å². The molecule has 0 aliphatic rings. The summed E-state index contributed by atoms with van der Waals surface area (Å²) < 4.78 is 73.1. The quantitative estimate of drug-likeness (QED) is 0.373. The molecule has 2 aromatic heterocycles. The van der Waals surface area contributed by atoms with E-state index in [0.717, 1.165) is 28.2 Å². The molecule has 0 radical (unpaired) electrons. The molecule has 0 unspecified atom stereocenters. The number of pyridine rings is 1. The van der Waals surface area contributed by atoms with E-state index in [-0.39, 0.29) is 28.4 Å². The Labute approximate surface area is 180 Å². The summed E-state index contributed by atoms with van der Waals surface area (Å²) in [6.45, 7) is 0. The highest BCUT2D eigenvalue weighted by Gasteiger charge is 2.31. The zero-order valence-corrected chi connectivity index (χ0v) is 17.6. The maximum absolute atomic E-state index is 13.3. The highest BCUT2D eigenvalue weighted by Crippen LogP contribution is 2.29. The maximum atomic E-state index is 13.3. The van der Waals surface area contributed by atoms with Crippen molar-refractivity contribution < 1.29 is 35.9 Å². The second-order valence-electron chi connectivity index (χ2n) is 6.39. The van der Waals surface area contributed by atoms with Crippen molar-refractivity contribution in [2.75, 3.05) is 7.11 Å². The van der Waals surface area contributed by atoms with Gasteiger partial charge in [-0.1, -0.05) is 11.6 Å². The van der Waals surface area contributed by atoms with Gasteiger partial charge in [0.05, 0.1) is 23.0 Å². The van der Waals surface area contributed by atoms with Gasteiger partial charge in [0.15, 0.2) is 0 Å². The van der Waals surface area contributed by atoms with E-state index in [2.05, 4.69) is 14.5 Å². The Morgan fingerprint density at radius 1 is 1.16 bits per heavy atom. The molecule has 3 aromatic rings. The van der Waals surface area contributed by atoms with Crippen molar-refractivity contribution in [3.63, 3.8) is 0 Å². The van der Waals surface area contributed by atoms with Gasteiger partial charge in [-0.25, -0.2) is 17.4 Å². The van der Waals surface area contributed by atoms with Gasteiger partial charge in [0.2, 0.25) is 0 Å². The zero-order chi connectivity index (χ0) is 22.8. The first-order chi connectivity index (χ1) is 14.5. The van der Waals surface area contributed by atoms with Crippen molar-refractivity contribution in [2.45, 2.75) is 30.5 Å². The fourth-order valence-electron chi connectivity index (χ4n) is 2.98. The average molecular weight is 477 g/mol. The lowest BCUT2D eigenvalue weighted by Crippen LogP contribution is -2.18. The molecule has 0 fully saturated rings. The fraction of sp³-hybridized carbons (Fsp3) is 0.263. The van der Waals surface area contributed by atoms with Crippen LogP contribution in [0.15, 0.2) is 47.4 Å². The van der Waals surface area contributed by atoms with E-state index in [1.807, 2.05) is 0 Å². The number of halogens is 4. The number of esters is 1. The number of aromatic nitrogens is 2. The van der Waals surface area contributed by atoms with E-state index >= 15 is 0 Å². The summed E-state index contributed by atoms with van der Waals surface area (Å²) in [6.07, 6.45) is -4.30. The molecule has 2 heterocycles. The van der Waals surface area contributed by atoms with E-state index in [4.69, 9.17) is 11.6 Å². The zero-order valence-electron chi connectivity index (χ0n) is 16.0. The number of nitrogens with zero attached hydrogens (tertiary/aromatic N) is 2. The normalized spacial score (nSPS) is 12.2. The van der Waals surface area contributed by atoms with Crippen molar-refractivity contribution >= 4 is 38.6 Å². The number of benzene rings is 1. The predicted molar refractivity (Wildman–Crippen MR) is 105 cm³/mol. The fourth-order valence-corrected chi connectivity index (χ4v) is 4.69. The molecule has 31 heavy (non-hydrogen) atoms. The predicted octanol–water partition coefficient (Wildman–Crippen LogP) is 4.32. The van der Waals surface area contributed by atoms with E-state index in [0.29, 0.717) is 17.6 Å². The van der Waals surface area contributed by atoms with Gasteiger partial charge in [0.25, 0.3) is 10.0 Å². The molecule has 3 rings (SSSR count). The van der Waals surface area contributed by atoms with Crippen LogP contribution in [0.5, 0.6) is 5.75 Å². The molecule has 0 saturated heterocycles. The van der Waals surface area contributed by atoms with Crippen LogP contribution in [-0.2, 0) is 26.0 Å². The number of alkyl halides is 3. The van der Waals surface area contributed by atoms with Gasteiger partial charge in [-0.2, -0.15) is 0 Å². The van der Waals surface area contributed by atoms with Crippen molar-refractivity contribution in [2.24, 2.45) is 0 Å². The summed E-state index contributed by atoms with van der Waals surface area (Å²) in [5, 5.41) is 0.164. The van der Waals surface area contributed by atoms with Gasteiger partial charge < -0.3 is 9.47 Å². The van der Waals surface area contributed by atoms with E-state index < -0.39 is 28.1 Å². The Bertz CT molecular complexity index is 1210. The number of hydrogen-bond acceptors (Lipinski definition) is 6. The number of ether oxygens (including phenoxy) is 2. The number of methoxy groups -OCH3 is 1. The third-order valence-electron chi connectivity index (χ3n) is 4.29. The van der Waals surface area contributed by atoms with Crippen LogP contribution in [0.3, 0.4) is 0 Å². The van der Waals surface area contributed by atoms with Crippen LogP contribution in [-0.4, -0.2) is 36.8 Å². The van der Waals surface area contributed by atoms with E-state index in [1.165, 1.54) is 25.3 Å². The highest BCUT2D eigenvalue weighted by atomic mass is 35.5. The smallest absolute Gasteiger partial charge is 0.469 e. The first kappa shape index (κ1) is 22.9. The SMILES string of the molecule is COC(=O)CCCc1cc2nc(Cl)ccc2n1S(=O)(=O)c1ccc(OC(F)(F)F)cc1. The molecule has 0 amide bonds. The number of aryl methyl sites for hydroxylation is 1. The molecule has 0 atom stereocenters. The number of fused-ring (bicyclic) bond motifs is 1. The minimum Gasteiger partial charge on any atom is -0.469 e. The van der Waals surface area contributed by atoms with E-state index in [9.17, 15) is 26.4 Å². The van der Waals surface area contributed by atoms with Gasteiger partial charge in [-0.05, 0) is 55.3 Å². The summed E-state index contributed by atoms with van der Waals surface area (Å²) in [6, 6.07) is 8.31. The molecular formula is C19H16ClF3N2O5S. The van der Waals surface area contributed by atoms with Gasteiger partial charge >= 0.3 is 12.3 Å². The van der Waals surface area contributed by atoms with Crippen LogP contribution in [0.2, 0.25) is 5.15 Å². The second kappa shape index (κ2) is 8.75. The summed E-state index contributed by atoms with van der Waals surface area (Å²) in [5.74, 6) is -0.984. The van der Waals surface area contributed by atoms with Crippen molar-refractivity contribution in [1.82, 2.24) is 8.96 Å². The molecule has 7 nitrogen and oxygen atoms in total. The lowest BCUT2D eigenvalue weighted by atomic mass is 10.2. The average Bonchev–Trinajstić information content (AvgIpc) is 3.05. The number of carbonyl (C=O) groups is 1. The molecule has 12 heteroatoms. The molecule has 0 bridgehead atoms. The van der Waals surface area contributed by atoms with Gasteiger partial charge in [0.1, 0.15) is 10.9 Å². The monoisotopic (exact) mass is 476 g/mol. The van der Waals surface area contributed by atoms with Gasteiger partial charge in [-0.3, -0.25) is 4.79 Å². The number of rotatable bonds is 7. The maximum Gasteiger partial charge on any atom is 0.573 e. The summed E-state index contributed by atoms with van der Waals surface area (Å²) in [7, 11) is -2.95. The van der Waals surface area contributed by atoms with Crippen LogP contribution in [0.4, 0.5) is 13.2 Å². The van der Waals surface area contributed by atoms with Crippen LogP contribution < -0.4 is 4.74 Å². The third kappa shape index (κ3) is 5.28. The molecular weight excluding hydrogens is 461 g/mol. The largest absolute Gasteiger partial charge is 0.573 e. The molecule has 0 aliphatic carbocycles. The van der Waals surface area contributed by atoms with Gasteiger partial charge in [0, 0.05) is 12.1 Å². The first-order valence-electron chi connectivity index (χ1n) is 8.86. The molecule has 0 spiro atoms. The minimum absolute atomic E-state index is 0.0791. The summed E-state index contributed by atoms with van der Waals surface area (Å²) in [5.41, 5.74) is 0.901. The molecule has 0 N–H and O–H groups in total. The summed E-state index contributed by atoms with van der Waals surface area (Å²) in [4.78, 5) is 15.3. The van der Waals surface area contributed by atoms with Crippen LogP contribution >= 0.6 is 11.6 Å². The Balaban J connectivity index is 2.02. The Hall–Kier alpha value is -2.79. The minimum atomic E-state index is -4.89. The standard InChI is InChI=1S/C19H16ClF3N2O5S/c1-29-18(26)4-2-3-12-11-15-16(9-10-17(20)24-15)25(12)31(27,28)14-7-5-13(6-8-14)30-19(21,22)23/h5-11H,2-4H2,1H3. The first-order valence-corrected chi connectivity index (χ1v) is 10.7. The molecule has 1 aromatic carbocycles. The topological polar surface area (TPSA) is 87.5 Å². The van der Waals surface area contributed by atoms with Crippen molar-refractivity contribution in [3.05, 3.63) is 53.3 Å².